The molecule has 1 aliphatic rings. The molecule has 1 aliphatic heterocycles. The number of benzene rings is 1. The van der Waals surface area contributed by atoms with Crippen LogP contribution < -0.4 is 4.90 Å². The van der Waals surface area contributed by atoms with E-state index in [1.54, 1.807) is 7.11 Å². The molecular weight excluding hydrogens is 252 g/mol. The number of nitrogens with zero attached hydrogens (tertiary/aromatic N) is 4. The van der Waals surface area contributed by atoms with Gasteiger partial charge >= 0.3 is 0 Å². The Kier molecular flexibility index (Phi) is 3.63. The number of ether oxygens (including phenoxy) is 1. The quantitative estimate of drug-likeness (QED) is 0.855. The fourth-order valence-corrected chi connectivity index (χ4v) is 2.65. The normalized spacial score (nSPS) is 16.1. The van der Waals surface area contributed by atoms with E-state index in [-0.39, 0.29) is 0 Å². The molecule has 20 heavy (non-hydrogen) atoms. The highest BCUT2D eigenvalue weighted by molar-refractivity contribution is 5.79. The Balaban J connectivity index is 2.02. The first-order valence-corrected chi connectivity index (χ1v) is 7.14. The number of fused-ring (bicyclic) bond motifs is 3. The van der Waals surface area contributed by atoms with Gasteiger partial charge in [-0.1, -0.05) is 12.1 Å². The molecule has 0 bridgehead atoms. The van der Waals surface area contributed by atoms with E-state index in [0.717, 1.165) is 38.0 Å². The van der Waals surface area contributed by atoms with Crippen molar-refractivity contribution in [1.82, 2.24) is 14.5 Å². The van der Waals surface area contributed by atoms with Gasteiger partial charge < -0.3 is 9.64 Å². The lowest BCUT2D eigenvalue weighted by atomic mass is 10.3. The molecule has 5 nitrogen and oxygen atoms in total. The molecule has 0 saturated carbocycles. The van der Waals surface area contributed by atoms with Crippen LogP contribution >= 0.6 is 0 Å². The summed E-state index contributed by atoms with van der Waals surface area (Å²) in [6.07, 6.45) is 0. The molecule has 108 valence electrons. The highest BCUT2D eigenvalue weighted by Gasteiger charge is 2.26. The molecule has 0 N–H and O–H groups in total. The maximum atomic E-state index is 5.23. The fraction of sp³-hybridized carbons (Fsp3) is 0.533. The molecule has 2 heterocycles. The predicted octanol–water partition coefficient (Wildman–Crippen LogP) is 2.13. The number of rotatable bonds is 4. The molecule has 0 aliphatic carbocycles. The molecule has 0 amide bonds. The van der Waals surface area contributed by atoms with Crippen molar-refractivity contribution >= 4 is 17.0 Å². The van der Waals surface area contributed by atoms with Crippen molar-refractivity contribution < 1.29 is 4.74 Å². The minimum atomic E-state index is 0.509. The van der Waals surface area contributed by atoms with Crippen LogP contribution in [0.1, 0.15) is 13.8 Å². The van der Waals surface area contributed by atoms with Crippen molar-refractivity contribution in [3.05, 3.63) is 24.3 Å². The van der Waals surface area contributed by atoms with Gasteiger partial charge in [-0.3, -0.25) is 9.47 Å². The van der Waals surface area contributed by atoms with E-state index in [9.17, 15) is 0 Å². The molecule has 2 aromatic rings. The van der Waals surface area contributed by atoms with Gasteiger partial charge in [-0.15, -0.1) is 0 Å². The van der Waals surface area contributed by atoms with Crippen LogP contribution in [-0.4, -0.2) is 47.4 Å². The van der Waals surface area contributed by atoms with Gasteiger partial charge in [-0.2, -0.15) is 0 Å². The smallest absolute Gasteiger partial charge is 0.208 e. The lowest BCUT2D eigenvalue weighted by Crippen LogP contribution is -2.48. The maximum Gasteiger partial charge on any atom is 0.208 e. The maximum absolute atomic E-state index is 5.23. The topological polar surface area (TPSA) is 33.5 Å². The zero-order chi connectivity index (χ0) is 14.1. The van der Waals surface area contributed by atoms with Crippen molar-refractivity contribution in [1.29, 1.82) is 0 Å². The molecule has 3 rings (SSSR count). The molecule has 0 unspecified atom stereocenters. The van der Waals surface area contributed by atoms with Gasteiger partial charge in [0.2, 0.25) is 5.95 Å². The van der Waals surface area contributed by atoms with E-state index in [0.29, 0.717) is 6.04 Å². The Labute approximate surface area is 119 Å². The van der Waals surface area contributed by atoms with E-state index < -0.39 is 0 Å². The van der Waals surface area contributed by atoms with E-state index in [1.807, 2.05) is 6.07 Å². The van der Waals surface area contributed by atoms with Crippen LogP contribution in [0.2, 0.25) is 0 Å². The third kappa shape index (κ3) is 2.27. The Bertz CT molecular complexity index is 593. The number of hydrogen-bond acceptors (Lipinski definition) is 4. The lowest BCUT2D eigenvalue weighted by Gasteiger charge is -2.39. The lowest BCUT2D eigenvalue weighted by molar-refractivity contribution is 0.145. The SMILES string of the molecule is COCCN1CN(C(C)C)Cn2c1nc1ccccc12. The van der Waals surface area contributed by atoms with Crippen LogP contribution in [0.25, 0.3) is 11.0 Å². The molecule has 0 radical (unpaired) electrons. The minimum absolute atomic E-state index is 0.509. The van der Waals surface area contributed by atoms with Crippen molar-refractivity contribution in [2.45, 2.75) is 26.6 Å². The predicted molar refractivity (Wildman–Crippen MR) is 80.8 cm³/mol. The molecule has 0 saturated heterocycles. The average molecular weight is 274 g/mol. The summed E-state index contributed by atoms with van der Waals surface area (Å²) >= 11 is 0. The van der Waals surface area contributed by atoms with Gasteiger partial charge in [0.15, 0.2) is 0 Å². The van der Waals surface area contributed by atoms with Gasteiger partial charge in [-0.05, 0) is 26.0 Å². The molecule has 1 aromatic heterocycles. The number of para-hydroxylation sites is 2. The Morgan fingerprint density at radius 2 is 2.05 bits per heavy atom. The summed E-state index contributed by atoms with van der Waals surface area (Å²) in [5, 5.41) is 0. The highest BCUT2D eigenvalue weighted by atomic mass is 16.5. The summed E-state index contributed by atoms with van der Waals surface area (Å²) in [6, 6.07) is 8.85. The second kappa shape index (κ2) is 5.42. The van der Waals surface area contributed by atoms with E-state index in [2.05, 4.69) is 46.4 Å². The van der Waals surface area contributed by atoms with Crippen molar-refractivity contribution in [2.24, 2.45) is 0 Å². The molecule has 1 aromatic carbocycles. The molecule has 0 fully saturated rings. The molecule has 0 spiro atoms. The number of hydrogen-bond donors (Lipinski definition) is 0. The molecular formula is C15H22N4O. The standard InChI is InChI=1S/C15H22N4O/c1-12(2)18-10-17(8-9-20-3)15-16-13-6-4-5-7-14(13)19(15)11-18/h4-7,12H,8-11H2,1-3H3. The molecule has 5 heteroatoms. The van der Waals surface area contributed by atoms with Gasteiger partial charge in [0, 0.05) is 19.7 Å². The zero-order valence-electron chi connectivity index (χ0n) is 12.4. The first-order valence-electron chi connectivity index (χ1n) is 7.14. The Morgan fingerprint density at radius 3 is 2.80 bits per heavy atom. The van der Waals surface area contributed by atoms with E-state index >= 15 is 0 Å². The minimum Gasteiger partial charge on any atom is -0.383 e. The number of methoxy groups -OCH3 is 1. The highest BCUT2D eigenvalue weighted by Crippen LogP contribution is 2.27. The van der Waals surface area contributed by atoms with Crippen molar-refractivity contribution in [3.63, 3.8) is 0 Å². The monoisotopic (exact) mass is 274 g/mol. The number of aromatic nitrogens is 2. The second-order valence-electron chi connectivity index (χ2n) is 5.55. The Hall–Kier alpha value is -1.59. The van der Waals surface area contributed by atoms with E-state index in [1.165, 1.54) is 5.52 Å². The summed E-state index contributed by atoms with van der Waals surface area (Å²) in [4.78, 5) is 9.53. The summed E-state index contributed by atoms with van der Waals surface area (Å²) in [5.74, 6) is 1.06. The summed E-state index contributed by atoms with van der Waals surface area (Å²) in [6.45, 7) is 7.86. The van der Waals surface area contributed by atoms with Crippen LogP contribution in [-0.2, 0) is 11.4 Å². The zero-order valence-corrected chi connectivity index (χ0v) is 12.4. The van der Waals surface area contributed by atoms with Crippen LogP contribution in [0.5, 0.6) is 0 Å². The van der Waals surface area contributed by atoms with Crippen molar-refractivity contribution in [3.8, 4) is 0 Å². The van der Waals surface area contributed by atoms with Crippen molar-refractivity contribution in [2.75, 3.05) is 31.8 Å². The summed E-state index contributed by atoms with van der Waals surface area (Å²) in [7, 11) is 1.74. The fourth-order valence-electron chi connectivity index (χ4n) is 2.65. The largest absolute Gasteiger partial charge is 0.383 e. The average Bonchev–Trinajstić information content (AvgIpc) is 2.83. The number of anilines is 1. The van der Waals surface area contributed by atoms with Gasteiger partial charge in [0.05, 0.1) is 31.0 Å². The van der Waals surface area contributed by atoms with Crippen LogP contribution in [0.15, 0.2) is 24.3 Å². The summed E-state index contributed by atoms with van der Waals surface area (Å²) < 4.78 is 7.53. The van der Waals surface area contributed by atoms with Gasteiger partial charge in [0.25, 0.3) is 0 Å². The van der Waals surface area contributed by atoms with Crippen LogP contribution in [0.4, 0.5) is 5.95 Å². The van der Waals surface area contributed by atoms with Crippen LogP contribution in [0.3, 0.4) is 0 Å². The first-order chi connectivity index (χ1) is 9.70. The Morgan fingerprint density at radius 1 is 1.25 bits per heavy atom. The molecule has 0 atom stereocenters. The second-order valence-corrected chi connectivity index (χ2v) is 5.55. The van der Waals surface area contributed by atoms with E-state index in [4.69, 9.17) is 9.72 Å². The van der Waals surface area contributed by atoms with Gasteiger partial charge in [-0.25, -0.2) is 4.98 Å². The third-order valence-corrected chi connectivity index (χ3v) is 3.89. The first kappa shape index (κ1) is 13.4. The van der Waals surface area contributed by atoms with Crippen LogP contribution in [0, 0.1) is 0 Å². The summed E-state index contributed by atoms with van der Waals surface area (Å²) in [5.41, 5.74) is 2.27. The number of imidazole rings is 1. The third-order valence-electron chi connectivity index (χ3n) is 3.89. The van der Waals surface area contributed by atoms with Gasteiger partial charge in [0.1, 0.15) is 0 Å².